The van der Waals surface area contributed by atoms with Gasteiger partial charge in [-0.1, -0.05) is 29.8 Å². The molecule has 78 valence electrons. The molecule has 0 spiro atoms. The van der Waals surface area contributed by atoms with Gasteiger partial charge in [0.15, 0.2) is 0 Å². The molecule has 0 saturated carbocycles. The highest BCUT2D eigenvalue weighted by Gasteiger charge is 2.24. The van der Waals surface area contributed by atoms with Gasteiger partial charge < -0.3 is 9.94 Å². The van der Waals surface area contributed by atoms with Crippen molar-refractivity contribution < 1.29 is 9.94 Å². The second kappa shape index (κ2) is 4.29. The van der Waals surface area contributed by atoms with Crippen LogP contribution in [0.1, 0.15) is 19.4 Å². The van der Waals surface area contributed by atoms with Crippen molar-refractivity contribution in [3.8, 4) is 5.75 Å². The first-order chi connectivity index (χ1) is 6.47. The summed E-state index contributed by atoms with van der Waals surface area (Å²) < 4.78 is 0.926. The van der Waals surface area contributed by atoms with E-state index in [1.54, 1.807) is 12.1 Å². The van der Waals surface area contributed by atoms with Crippen LogP contribution >= 0.6 is 15.9 Å². The van der Waals surface area contributed by atoms with Crippen molar-refractivity contribution in [3.05, 3.63) is 28.2 Å². The molecule has 0 aliphatic carbocycles. The van der Waals surface area contributed by atoms with Gasteiger partial charge in [-0.15, -0.1) is 0 Å². The van der Waals surface area contributed by atoms with Crippen molar-refractivity contribution in [2.75, 3.05) is 6.61 Å². The first kappa shape index (κ1) is 11.5. The zero-order chi connectivity index (χ0) is 10.8. The van der Waals surface area contributed by atoms with E-state index in [0.29, 0.717) is 6.61 Å². The summed E-state index contributed by atoms with van der Waals surface area (Å²) in [6, 6.07) is 5.31. The molecule has 0 bridgehead atoms. The fraction of sp³-hybridized carbons (Fsp3) is 0.400. The number of phenols is 1. The number of hydrogen-bond donors (Lipinski definition) is 2. The molecule has 1 aromatic rings. The molecule has 0 aliphatic heterocycles. The van der Waals surface area contributed by atoms with E-state index >= 15 is 0 Å². The molecule has 0 heterocycles. The Balaban J connectivity index is 3.10. The Morgan fingerprint density at radius 2 is 2.14 bits per heavy atom. The second-order valence-corrected chi connectivity index (χ2v) is 4.77. The topological polar surface area (TPSA) is 55.5 Å². The van der Waals surface area contributed by atoms with Gasteiger partial charge in [0.1, 0.15) is 5.75 Å². The summed E-state index contributed by atoms with van der Waals surface area (Å²) >= 11 is 3.36. The first-order valence-electron chi connectivity index (χ1n) is 4.28. The second-order valence-electron chi connectivity index (χ2n) is 3.86. The minimum atomic E-state index is -0.303. The van der Waals surface area contributed by atoms with Crippen LogP contribution in [-0.2, 0) is 10.3 Å². The smallest absolute Gasteiger partial charge is 0.119 e. The molecule has 14 heavy (non-hydrogen) atoms. The Labute approximate surface area is 92.0 Å². The molecule has 3 N–H and O–H groups in total. The van der Waals surface area contributed by atoms with Crippen molar-refractivity contribution in [1.82, 2.24) is 0 Å². The maximum atomic E-state index is 9.68. The van der Waals surface area contributed by atoms with Crippen LogP contribution in [0.25, 0.3) is 0 Å². The summed E-state index contributed by atoms with van der Waals surface area (Å²) in [5.41, 5.74) is 0.514. The molecular weight excluding hydrogens is 246 g/mol. The van der Waals surface area contributed by atoms with Crippen molar-refractivity contribution in [2.45, 2.75) is 19.3 Å². The minimum absolute atomic E-state index is 0.259. The van der Waals surface area contributed by atoms with Crippen LogP contribution in [0.2, 0.25) is 0 Å². The fourth-order valence-electron chi connectivity index (χ4n) is 1.34. The van der Waals surface area contributed by atoms with Gasteiger partial charge >= 0.3 is 0 Å². The predicted molar refractivity (Wildman–Crippen MR) is 59.0 cm³/mol. The average molecular weight is 260 g/mol. The van der Waals surface area contributed by atoms with Crippen molar-refractivity contribution in [3.63, 3.8) is 0 Å². The van der Waals surface area contributed by atoms with E-state index in [1.807, 2.05) is 19.9 Å². The summed E-state index contributed by atoms with van der Waals surface area (Å²) in [5.74, 6) is 5.31. The van der Waals surface area contributed by atoms with Gasteiger partial charge in [0.25, 0.3) is 0 Å². The van der Waals surface area contributed by atoms with Crippen LogP contribution in [0, 0.1) is 0 Å². The standard InChI is InChI=1S/C10H14BrNO2/c1-10(2,6-14-12)8-5-7(11)3-4-9(8)13/h3-5,13H,6,12H2,1-2H3. The first-order valence-corrected chi connectivity index (χ1v) is 5.07. The van der Waals surface area contributed by atoms with Gasteiger partial charge in [0.05, 0.1) is 6.61 Å². The number of benzene rings is 1. The van der Waals surface area contributed by atoms with Gasteiger partial charge in [-0.3, -0.25) is 0 Å². The highest BCUT2D eigenvalue weighted by atomic mass is 79.9. The third kappa shape index (κ3) is 2.47. The molecule has 0 fully saturated rings. The van der Waals surface area contributed by atoms with E-state index in [1.165, 1.54) is 0 Å². The van der Waals surface area contributed by atoms with E-state index < -0.39 is 0 Å². The number of halogens is 1. The van der Waals surface area contributed by atoms with Crippen LogP contribution in [-0.4, -0.2) is 11.7 Å². The third-order valence-corrected chi connectivity index (χ3v) is 2.63. The molecule has 0 radical (unpaired) electrons. The van der Waals surface area contributed by atoms with E-state index in [9.17, 15) is 5.11 Å². The molecule has 0 amide bonds. The Morgan fingerprint density at radius 1 is 1.50 bits per heavy atom. The van der Waals surface area contributed by atoms with Gasteiger partial charge in [-0.2, -0.15) is 0 Å². The van der Waals surface area contributed by atoms with Crippen LogP contribution in [0.4, 0.5) is 0 Å². The zero-order valence-corrected chi connectivity index (χ0v) is 9.84. The summed E-state index contributed by atoms with van der Waals surface area (Å²) in [7, 11) is 0. The molecule has 0 aliphatic rings. The Hall–Kier alpha value is -0.580. The fourth-order valence-corrected chi connectivity index (χ4v) is 1.70. The predicted octanol–water partition coefficient (Wildman–Crippen LogP) is 2.32. The lowest BCUT2D eigenvalue weighted by molar-refractivity contribution is 0.0954. The zero-order valence-electron chi connectivity index (χ0n) is 8.25. The van der Waals surface area contributed by atoms with Crippen molar-refractivity contribution in [2.24, 2.45) is 5.90 Å². The lowest BCUT2D eigenvalue weighted by Crippen LogP contribution is -2.26. The van der Waals surface area contributed by atoms with Crippen LogP contribution in [0.5, 0.6) is 5.75 Å². The van der Waals surface area contributed by atoms with Gasteiger partial charge in [0.2, 0.25) is 0 Å². The minimum Gasteiger partial charge on any atom is -0.508 e. The SMILES string of the molecule is CC(C)(CON)c1cc(Br)ccc1O. The average Bonchev–Trinajstić information content (AvgIpc) is 2.09. The molecule has 1 aromatic carbocycles. The number of hydrogen-bond acceptors (Lipinski definition) is 3. The van der Waals surface area contributed by atoms with E-state index in [4.69, 9.17) is 5.90 Å². The summed E-state index contributed by atoms with van der Waals surface area (Å²) in [6.07, 6.45) is 0. The molecule has 4 heteroatoms. The highest BCUT2D eigenvalue weighted by molar-refractivity contribution is 9.10. The normalized spacial score (nSPS) is 11.7. The van der Waals surface area contributed by atoms with Crippen LogP contribution in [0.15, 0.2) is 22.7 Å². The Bertz CT molecular complexity index is 326. The number of aromatic hydroxyl groups is 1. The lowest BCUT2D eigenvalue weighted by Gasteiger charge is -2.24. The molecule has 0 saturated heterocycles. The molecule has 0 unspecified atom stereocenters. The largest absolute Gasteiger partial charge is 0.508 e. The summed E-state index contributed by atoms with van der Waals surface area (Å²) in [6.45, 7) is 4.28. The highest BCUT2D eigenvalue weighted by Crippen LogP contribution is 2.33. The van der Waals surface area contributed by atoms with Crippen molar-refractivity contribution in [1.29, 1.82) is 0 Å². The maximum Gasteiger partial charge on any atom is 0.119 e. The molecular formula is C10H14BrNO2. The van der Waals surface area contributed by atoms with E-state index in [-0.39, 0.29) is 11.2 Å². The number of nitrogens with two attached hydrogens (primary N) is 1. The molecule has 0 atom stereocenters. The van der Waals surface area contributed by atoms with E-state index in [2.05, 4.69) is 20.8 Å². The third-order valence-electron chi connectivity index (χ3n) is 2.13. The Morgan fingerprint density at radius 3 is 2.71 bits per heavy atom. The van der Waals surface area contributed by atoms with Crippen molar-refractivity contribution >= 4 is 15.9 Å². The van der Waals surface area contributed by atoms with Gasteiger partial charge in [-0.05, 0) is 18.2 Å². The van der Waals surface area contributed by atoms with E-state index in [0.717, 1.165) is 10.0 Å². The Kier molecular flexibility index (Phi) is 3.53. The van der Waals surface area contributed by atoms with Crippen LogP contribution in [0.3, 0.4) is 0 Å². The monoisotopic (exact) mass is 259 g/mol. The number of phenolic OH excluding ortho intramolecular Hbond substituents is 1. The van der Waals surface area contributed by atoms with Gasteiger partial charge in [-0.25, -0.2) is 5.90 Å². The number of rotatable bonds is 3. The van der Waals surface area contributed by atoms with Gasteiger partial charge in [0, 0.05) is 15.5 Å². The van der Waals surface area contributed by atoms with Crippen LogP contribution < -0.4 is 5.90 Å². The quantitative estimate of drug-likeness (QED) is 0.820. The summed E-state index contributed by atoms with van der Waals surface area (Å²) in [5, 5.41) is 9.68. The molecule has 1 rings (SSSR count). The molecule has 0 aromatic heterocycles. The lowest BCUT2D eigenvalue weighted by atomic mass is 9.85. The molecule has 3 nitrogen and oxygen atoms in total. The summed E-state index contributed by atoms with van der Waals surface area (Å²) in [4.78, 5) is 4.63. The maximum absolute atomic E-state index is 9.68.